The average molecular weight is 379 g/mol. The first-order chi connectivity index (χ1) is 10.4. The minimum absolute atomic E-state index is 0.290. The van der Waals surface area contributed by atoms with E-state index in [9.17, 15) is 4.79 Å². The highest BCUT2D eigenvalue weighted by Crippen LogP contribution is 2.32. The molecule has 7 heteroatoms. The first-order valence-corrected chi connectivity index (χ1v) is 7.75. The van der Waals surface area contributed by atoms with Crippen molar-refractivity contribution in [3.8, 4) is 5.75 Å². The lowest BCUT2D eigenvalue weighted by Gasteiger charge is -2.16. The molecule has 1 amide bonds. The summed E-state index contributed by atoms with van der Waals surface area (Å²) in [5, 5.41) is 4.07. The summed E-state index contributed by atoms with van der Waals surface area (Å²) in [7, 11) is 0. The van der Waals surface area contributed by atoms with Crippen LogP contribution in [0.1, 0.15) is 6.92 Å². The molecule has 1 atom stereocenters. The molecule has 0 saturated heterocycles. The third-order valence-electron chi connectivity index (χ3n) is 2.75. The number of carbonyl (C=O) groups is 1. The van der Waals surface area contributed by atoms with Crippen molar-refractivity contribution < 1.29 is 9.53 Å². The van der Waals surface area contributed by atoms with E-state index in [1.54, 1.807) is 31.2 Å². The van der Waals surface area contributed by atoms with Crippen molar-refractivity contribution in [2.24, 2.45) is 0 Å². The zero-order chi connectivity index (χ0) is 16.3. The van der Waals surface area contributed by atoms with Crippen molar-refractivity contribution in [2.75, 3.05) is 5.32 Å². The van der Waals surface area contributed by atoms with Crippen LogP contribution in [0.4, 0.5) is 5.69 Å². The second kappa shape index (κ2) is 7.42. The van der Waals surface area contributed by atoms with E-state index in [4.69, 9.17) is 51.1 Å². The molecule has 2 aromatic carbocycles. The Balaban J connectivity index is 2.07. The molecule has 0 aliphatic rings. The van der Waals surface area contributed by atoms with Crippen molar-refractivity contribution >= 4 is 58.0 Å². The number of hydrogen-bond donors (Lipinski definition) is 1. The maximum atomic E-state index is 12.1. The van der Waals surface area contributed by atoms with E-state index in [1.165, 1.54) is 12.1 Å². The normalized spacial score (nSPS) is 11.9. The Kier molecular flexibility index (Phi) is 5.81. The van der Waals surface area contributed by atoms with E-state index >= 15 is 0 Å². The summed E-state index contributed by atoms with van der Waals surface area (Å²) in [6.07, 6.45) is -0.746. The number of amides is 1. The van der Waals surface area contributed by atoms with Gasteiger partial charge in [0.05, 0.1) is 20.8 Å². The van der Waals surface area contributed by atoms with Crippen LogP contribution >= 0.6 is 46.4 Å². The van der Waals surface area contributed by atoms with Crippen LogP contribution in [-0.4, -0.2) is 12.0 Å². The van der Waals surface area contributed by atoms with Crippen LogP contribution in [-0.2, 0) is 4.79 Å². The highest BCUT2D eigenvalue weighted by Gasteiger charge is 2.17. The average Bonchev–Trinajstić information content (AvgIpc) is 2.44. The van der Waals surface area contributed by atoms with Crippen LogP contribution in [0.2, 0.25) is 20.1 Å². The van der Waals surface area contributed by atoms with Gasteiger partial charge in [-0.25, -0.2) is 0 Å². The van der Waals surface area contributed by atoms with Crippen LogP contribution in [0, 0.1) is 0 Å². The van der Waals surface area contributed by atoms with Gasteiger partial charge in [0.1, 0.15) is 5.75 Å². The molecule has 1 N–H and O–H groups in total. The number of rotatable bonds is 4. The summed E-state index contributed by atoms with van der Waals surface area (Å²) >= 11 is 23.6. The van der Waals surface area contributed by atoms with Gasteiger partial charge < -0.3 is 10.1 Å². The fourth-order valence-corrected chi connectivity index (χ4v) is 2.43. The summed E-state index contributed by atoms with van der Waals surface area (Å²) < 4.78 is 5.52. The topological polar surface area (TPSA) is 38.3 Å². The molecule has 22 heavy (non-hydrogen) atoms. The Morgan fingerprint density at radius 2 is 1.73 bits per heavy atom. The predicted octanol–water partition coefficient (Wildman–Crippen LogP) is 5.71. The van der Waals surface area contributed by atoms with E-state index in [1.807, 2.05) is 0 Å². The smallest absolute Gasteiger partial charge is 0.265 e. The first-order valence-electron chi connectivity index (χ1n) is 6.24. The summed E-state index contributed by atoms with van der Waals surface area (Å²) in [5.41, 5.74) is 0.364. The van der Waals surface area contributed by atoms with Gasteiger partial charge in [-0.2, -0.15) is 0 Å². The van der Waals surface area contributed by atoms with Gasteiger partial charge in [0, 0.05) is 5.02 Å². The van der Waals surface area contributed by atoms with E-state index < -0.39 is 6.10 Å². The fourth-order valence-electron chi connectivity index (χ4n) is 1.65. The van der Waals surface area contributed by atoms with Gasteiger partial charge >= 0.3 is 0 Å². The Hall–Kier alpha value is -1.13. The summed E-state index contributed by atoms with van der Waals surface area (Å²) in [4.78, 5) is 12.1. The molecule has 0 spiro atoms. The molecule has 0 aliphatic carbocycles. The second-order valence-corrected chi connectivity index (χ2v) is 6.11. The summed E-state index contributed by atoms with van der Waals surface area (Å²) in [6.45, 7) is 1.61. The SMILES string of the molecule is CC(Oc1cccc(Cl)c1)C(=O)Nc1cc(Cl)c(Cl)cc1Cl. The van der Waals surface area contributed by atoms with E-state index in [0.717, 1.165) is 0 Å². The number of benzene rings is 2. The van der Waals surface area contributed by atoms with Gasteiger partial charge in [-0.05, 0) is 37.3 Å². The third-order valence-corrected chi connectivity index (χ3v) is 4.02. The molecule has 0 aliphatic heterocycles. The van der Waals surface area contributed by atoms with E-state index in [2.05, 4.69) is 5.32 Å². The quantitative estimate of drug-likeness (QED) is 0.692. The largest absolute Gasteiger partial charge is 0.481 e. The van der Waals surface area contributed by atoms with Gasteiger partial charge in [0.25, 0.3) is 5.91 Å². The molecule has 0 fully saturated rings. The number of halogens is 4. The molecule has 1 unspecified atom stereocenters. The number of nitrogens with one attached hydrogen (secondary N) is 1. The standard InChI is InChI=1S/C15H11Cl4NO2/c1-8(22-10-4-2-3-9(16)5-10)15(21)20-14-7-12(18)11(17)6-13(14)19/h2-8H,1H3,(H,20,21). The van der Waals surface area contributed by atoms with Gasteiger partial charge in [0.2, 0.25) is 0 Å². The van der Waals surface area contributed by atoms with Crippen molar-refractivity contribution in [3.63, 3.8) is 0 Å². The van der Waals surface area contributed by atoms with E-state index in [-0.39, 0.29) is 10.9 Å². The third kappa shape index (κ3) is 4.43. The summed E-state index contributed by atoms with van der Waals surface area (Å²) in [5.74, 6) is 0.121. The Morgan fingerprint density at radius 1 is 1.05 bits per heavy atom. The van der Waals surface area contributed by atoms with Crippen molar-refractivity contribution in [3.05, 3.63) is 56.5 Å². The number of carbonyl (C=O) groups excluding carboxylic acids is 1. The molecule has 116 valence electrons. The molecule has 0 saturated carbocycles. The van der Waals surface area contributed by atoms with Gasteiger partial charge in [-0.15, -0.1) is 0 Å². The molecular weight excluding hydrogens is 368 g/mol. The van der Waals surface area contributed by atoms with E-state index in [0.29, 0.717) is 26.5 Å². The lowest BCUT2D eigenvalue weighted by atomic mass is 10.3. The minimum atomic E-state index is -0.746. The van der Waals surface area contributed by atoms with Crippen LogP contribution in [0.25, 0.3) is 0 Å². The Bertz CT molecular complexity index is 706. The van der Waals surface area contributed by atoms with Gasteiger partial charge in [-0.1, -0.05) is 52.5 Å². The molecule has 3 nitrogen and oxygen atoms in total. The Morgan fingerprint density at radius 3 is 2.41 bits per heavy atom. The number of anilines is 1. The Labute approximate surface area is 148 Å². The highest BCUT2D eigenvalue weighted by molar-refractivity contribution is 6.44. The lowest BCUT2D eigenvalue weighted by Crippen LogP contribution is -2.30. The molecule has 0 radical (unpaired) electrons. The number of hydrogen-bond acceptors (Lipinski definition) is 2. The second-order valence-electron chi connectivity index (χ2n) is 4.45. The predicted molar refractivity (Wildman–Crippen MR) is 91.6 cm³/mol. The van der Waals surface area contributed by atoms with Crippen LogP contribution in [0.15, 0.2) is 36.4 Å². The van der Waals surface area contributed by atoms with Crippen molar-refractivity contribution in [2.45, 2.75) is 13.0 Å². The first kappa shape index (κ1) is 17.2. The lowest BCUT2D eigenvalue weighted by molar-refractivity contribution is -0.122. The van der Waals surface area contributed by atoms with Crippen LogP contribution < -0.4 is 10.1 Å². The monoisotopic (exact) mass is 377 g/mol. The zero-order valence-corrected chi connectivity index (χ0v) is 14.4. The molecule has 2 aromatic rings. The summed E-state index contributed by atoms with van der Waals surface area (Å²) in [6, 6.07) is 9.73. The molecule has 0 bridgehead atoms. The van der Waals surface area contributed by atoms with Crippen LogP contribution in [0.5, 0.6) is 5.75 Å². The fraction of sp³-hybridized carbons (Fsp3) is 0.133. The van der Waals surface area contributed by atoms with Crippen LogP contribution in [0.3, 0.4) is 0 Å². The molecular formula is C15H11Cl4NO2. The number of ether oxygens (including phenoxy) is 1. The van der Waals surface area contributed by atoms with Gasteiger partial charge in [0.15, 0.2) is 6.10 Å². The van der Waals surface area contributed by atoms with Crippen molar-refractivity contribution in [1.29, 1.82) is 0 Å². The highest BCUT2D eigenvalue weighted by atomic mass is 35.5. The molecule has 0 aromatic heterocycles. The van der Waals surface area contributed by atoms with Gasteiger partial charge in [-0.3, -0.25) is 4.79 Å². The minimum Gasteiger partial charge on any atom is -0.481 e. The zero-order valence-electron chi connectivity index (χ0n) is 11.4. The maximum absolute atomic E-state index is 12.1. The molecule has 2 rings (SSSR count). The molecule has 0 heterocycles. The van der Waals surface area contributed by atoms with Crippen molar-refractivity contribution in [1.82, 2.24) is 0 Å². The maximum Gasteiger partial charge on any atom is 0.265 e.